The number of hydrogen-bond acceptors (Lipinski definition) is 3. The summed E-state index contributed by atoms with van der Waals surface area (Å²) < 4.78 is 0. The highest BCUT2D eigenvalue weighted by molar-refractivity contribution is 6.06. The van der Waals surface area contributed by atoms with Crippen LogP contribution in [0.1, 0.15) is 36.3 Å². The van der Waals surface area contributed by atoms with Crippen LogP contribution in [0.2, 0.25) is 0 Å². The number of aryl methyl sites for hydroxylation is 1. The van der Waals surface area contributed by atoms with Crippen LogP contribution in [0.15, 0.2) is 30.3 Å². The molecule has 1 amide bonds. The summed E-state index contributed by atoms with van der Waals surface area (Å²) in [6.45, 7) is 9.35. The molecule has 23 heavy (non-hydrogen) atoms. The van der Waals surface area contributed by atoms with Crippen LogP contribution < -0.4 is 5.32 Å². The fraction of sp³-hybridized carbons (Fsp3) is 0.474. The first-order valence-electron chi connectivity index (χ1n) is 8.43. The maximum atomic E-state index is 12.6. The molecule has 3 rings (SSSR count). The number of aromatic nitrogens is 1. The van der Waals surface area contributed by atoms with Crippen LogP contribution in [0.25, 0.3) is 10.9 Å². The van der Waals surface area contributed by atoms with E-state index in [1.165, 1.54) is 0 Å². The largest absolute Gasteiger partial charge is 0.352 e. The maximum Gasteiger partial charge on any atom is 0.252 e. The number of benzene rings is 1. The Morgan fingerprint density at radius 3 is 2.91 bits per heavy atom. The second-order valence-corrected chi connectivity index (χ2v) is 6.78. The Hall–Kier alpha value is -1.94. The first-order valence-corrected chi connectivity index (χ1v) is 8.43. The lowest BCUT2D eigenvalue weighted by molar-refractivity contribution is 0.0948. The highest BCUT2D eigenvalue weighted by Crippen LogP contribution is 2.20. The predicted octanol–water partition coefficient (Wildman–Crippen LogP) is 3.00. The van der Waals surface area contributed by atoms with Crippen LogP contribution in [0.5, 0.6) is 0 Å². The van der Waals surface area contributed by atoms with Crippen molar-refractivity contribution in [2.24, 2.45) is 5.92 Å². The van der Waals surface area contributed by atoms with E-state index in [4.69, 9.17) is 0 Å². The number of nitrogens with one attached hydrogen (secondary N) is 1. The van der Waals surface area contributed by atoms with Crippen LogP contribution in [-0.4, -0.2) is 41.5 Å². The van der Waals surface area contributed by atoms with Crippen molar-refractivity contribution in [2.45, 2.75) is 33.2 Å². The number of likely N-dealkylation sites (tertiary alicyclic amines) is 1. The third-order valence-corrected chi connectivity index (χ3v) is 4.69. The molecule has 0 bridgehead atoms. The summed E-state index contributed by atoms with van der Waals surface area (Å²) in [6, 6.07) is 10.3. The zero-order valence-electron chi connectivity index (χ0n) is 14.2. The van der Waals surface area contributed by atoms with E-state index in [-0.39, 0.29) is 5.91 Å². The average molecular weight is 311 g/mol. The van der Waals surface area contributed by atoms with Gasteiger partial charge < -0.3 is 10.2 Å². The topological polar surface area (TPSA) is 45.2 Å². The van der Waals surface area contributed by atoms with Crippen molar-refractivity contribution in [1.82, 2.24) is 15.2 Å². The van der Waals surface area contributed by atoms with Gasteiger partial charge in [-0.15, -0.1) is 0 Å². The molecule has 4 nitrogen and oxygen atoms in total. The van der Waals surface area contributed by atoms with E-state index in [0.29, 0.717) is 12.0 Å². The lowest BCUT2D eigenvalue weighted by Gasteiger charge is -2.20. The third kappa shape index (κ3) is 3.53. The SMILES string of the molecule is Cc1cc(C(=O)NC[C@H]2CCN(C(C)C)C2)c2ccccc2n1. The van der Waals surface area contributed by atoms with Crippen molar-refractivity contribution in [3.63, 3.8) is 0 Å². The van der Waals surface area contributed by atoms with E-state index in [9.17, 15) is 4.79 Å². The van der Waals surface area contributed by atoms with Gasteiger partial charge in [-0.05, 0) is 51.8 Å². The highest BCUT2D eigenvalue weighted by atomic mass is 16.1. The Morgan fingerprint density at radius 1 is 1.39 bits per heavy atom. The fourth-order valence-electron chi connectivity index (χ4n) is 3.33. The number of hydrogen-bond donors (Lipinski definition) is 1. The van der Waals surface area contributed by atoms with Gasteiger partial charge >= 0.3 is 0 Å². The second kappa shape index (κ2) is 6.67. The highest BCUT2D eigenvalue weighted by Gasteiger charge is 2.24. The van der Waals surface area contributed by atoms with Crippen LogP contribution in [0.4, 0.5) is 0 Å². The van der Waals surface area contributed by atoms with Gasteiger partial charge in [-0.1, -0.05) is 18.2 Å². The van der Waals surface area contributed by atoms with Crippen LogP contribution >= 0.6 is 0 Å². The molecule has 4 heteroatoms. The van der Waals surface area contributed by atoms with Crippen molar-refractivity contribution >= 4 is 16.8 Å². The van der Waals surface area contributed by atoms with Crippen molar-refractivity contribution in [3.8, 4) is 0 Å². The Morgan fingerprint density at radius 2 is 2.17 bits per heavy atom. The van der Waals surface area contributed by atoms with Gasteiger partial charge in [0.05, 0.1) is 11.1 Å². The number of pyridine rings is 1. The van der Waals surface area contributed by atoms with Gasteiger partial charge in [0, 0.05) is 30.2 Å². The molecule has 2 aromatic rings. The van der Waals surface area contributed by atoms with Crippen molar-refractivity contribution in [1.29, 1.82) is 0 Å². The van der Waals surface area contributed by atoms with Crippen LogP contribution in [-0.2, 0) is 0 Å². The van der Waals surface area contributed by atoms with Gasteiger partial charge in [0.2, 0.25) is 0 Å². The number of fused-ring (bicyclic) bond motifs is 1. The molecule has 1 saturated heterocycles. The summed E-state index contributed by atoms with van der Waals surface area (Å²) in [5.74, 6) is 0.560. The van der Waals surface area contributed by atoms with Gasteiger partial charge in [-0.2, -0.15) is 0 Å². The van der Waals surface area contributed by atoms with E-state index in [0.717, 1.165) is 48.2 Å². The number of carbonyl (C=O) groups is 1. The van der Waals surface area contributed by atoms with Gasteiger partial charge in [0.1, 0.15) is 0 Å². The molecule has 122 valence electrons. The molecule has 1 fully saturated rings. The standard InChI is InChI=1S/C19H25N3O/c1-13(2)22-9-8-15(12-22)11-20-19(23)17-10-14(3)21-18-7-5-4-6-16(17)18/h4-7,10,13,15H,8-9,11-12H2,1-3H3,(H,20,23)/t15-/m1/s1. The summed E-state index contributed by atoms with van der Waals surface area (Å²) in [4.78, 5) is 19.6. The minimum Gasteiger partial charge on any atom is -0.352 e. The van der Waals surface area contributed by atoms with E-state index in [1.54, 1.807) is 0 Å². The van der Waals surface area contributed by atoms with Gasteiger partial charge in [0.25, 0.3) is 5.91 Å². The summed E-state index contributed by atoms with van der Waals surface area (Å²) in [7, 11) is 0. The molecular formula is C19H25N3O. The smallest absolute Gasteiger partial charge is 0.252 e. The number of rotatable bonds is 4. The number of nitrogens with zero attached hydrogens (tertiary/aromatic N) is 2. The summed E-state index contributed by atoms with van der Waals surface area (Å²) >= 11 is 0. The molecule has 0 saturated carbocycles. The molecular weight excluding hydrogens is 286 g/mol. The maximum absolute atomic E-state index is 12.6. The average Bonchev–Trinajstić information content (AvgIpc) is 3.01. The van der Waals surface area contributed by atoms with Crippen LogP contribution in [0.3, 0.4) is 0 Å². The minimum absolute atomic E-state index is 0.00898. The first kappa shape index (κ1) is 15.9. The Labute approximate surface area is 137 Å². The van der Waals surface area contributed by atoms with Crippen molar-refractivity contribution in [3.05, 3.63) is 41.6 Å². The Balaban J connectivity index is 1.70. The summed E-state index contributed by atoms with van der Waals surface area (Å²) in [5, 5.41) is 4.05. The predicted molar refractivity (Wildman–Crippen MR) is 93.6 cm³/mol. The lowest BCUT2D eigenvalue weighted by atomic mass is 10.1. The zero-order chi connectivity index (χ0) is 16.4. The van der Waals surface area contributed by atoms with Crippen molar-refractivity contribution < 1.29 is 4.79 Å². The monoisotopic (exact) mass is 311 g/mol. The molecule has 1 aliphatic rings. The number of amides is 1. The summed E-state index contributed by atoms with van der Waals surface area (Å²) in [6.07, 6.45) is 1.16. The minimum atomic E-state index is 0.00898. The number of carbonyl (C=O) groups excluding carboxylic acids is 1. The molecule has 1 N–H and O–H groups in total. The van der Waals surface area contributed by atoms with Gasteiger partial charge in [-0.3, -0.25) is 9.78 Å². The van der Waals surface area contributed by atoms with E-state index >= 15 is 0 Å². The molecule has 1 aromatic carbocycles. The molecule has 1 aromatic heterocycles. The molecule has 0 aliphatic carbocycles. The molecule has 2 heterocycles. The summed E-state index contributed by atoms with van der Waals surface area (Å²) in [5.41, 5.74) is 2.48. The van der Waals surface area contributed by atoms with E-state index in [1.807, 2.05) is 37.3 Å². The third-order valence-electron chi connectivity index (χ3n) is 4.69. The molecule has 0 spiro atoms. The Kier molecular flexibility index (Phi) is 4.62. The van der Waals surface area contributed by atoms with Gasteiger partial charge in [-0.25, -0.2) is 0 Å². The zero-order valence-corrected chi connectivity index (χ0v) is 14.2. The quantitative estimate of drug-likeness (QED) is 0.944. The van der Waals surface area contributed by atoms with E-state index < -0.39 is 0 Å². The number of para-hydroxylation sites is 1. The van der Waals surface area contributed by atoms with Crippen molar-refractivity contribution in [2.75, 3.05) is 19.6 Å². The first-order chi connectivity index (χ1) is 11.0. The molecule has 1 aliphatic heterocycles. The molecule has 0 radical (unpaired) electrons. The lowest BCUT2D eigenvalue weighted by Crippen LogP contribution is -2.33. The Bertz CT molecular complexity index is 711. The molecule has 0 unspecified atom stereocenters. The van der Waals surface area contributed by atoms with Gasteiger partial charge in [0.15, 0.2) is 0 Å². The second-order valence-electron chi connectivity index (χ2n) is 6.78. The van der Waals surface area contributed by atoms with Crippen LogP contribution in [0, 0.1) is 12.8 Å². The normalized spacial score (nSPS) is 18.7. The van der Waals surface area contributed by atoms with E-state index in [2.05, 4.69) is 29.0 Å². The fourth-order valence-corrected chi connectivity index (χ4v) is 3.33. The molecule has 1 atom stereocenters.